The smallest absolute Gasteiger partial charge is 0.257 e. The van der Waals surface area contributed by atoms with Crippen LogP contribution in [0.5, 0.6) is 11.5 Å². The van der Waals surface area contributed by atoms with E-state index in [1.807, 2.05) is 0 Å². The maximum atomic E-state index is 12.4. The number of methoxy groups -OCH3 is 1. The van der Waals surface area contributed by atoms with Gasteiger partial charge in [-0.1, -0.05) is 6.92 Å². The number of carbonyl (C=O) groups excluding carboxylic acids is 1. The Morgan fingerprint density at radius 2 is 2.00 bits per heavy atom. The number of carbonyl (C=O) groups is 1. The molecule has 1 amide bonds. The molecule has 5 heteroatoms. The zero-order chi connectivity index (χ0) is 14.5. The van der Waals surface area contributed by atoms with Gasteiger partial charge in [0.05, 0.1) is 12.7 Å². The number of hydrogen-bond acceptors (Lipinski definition) is 4. The van der Waals surface area contributed by atoms with E-state index in [9.17, 15) is 9.90 Å². The third-order valence-corrected chi connectivity index (χ3v) is 3.63. The zero-order valence-corrected chi connectivity index (χ0v) is 12.1. The van der Waals surface area contributed by atoms with E-state index in [4.69, 9.17) is 4.74 Å². The summed E-state index contributed by atoms with van der Waals surface area (Å²) in [5.74, 6) is 0.458. The lowest BCUT2D eigenvalue weighted by Crippen LogP contribution is -2.48. The van der Waals surface area contributed by atoms with Crippen molar-refractivity contribution in [3.05, 3.63) is 23.8 Å². The molecule has 0 bridgehead atoms. The van der Waals surface area contributed by atoms with Crippen molar-refractivity contribution < 1.29 is 14.6 Å². The van der Waals surface area contributed by atoms with Crippen molar-refractivity contribution in [3.63, 3.8) is 0 Å². The van der Waals surface area contributed by atoms with Crippen LogP contribution in [0.4, 0.5) is 0 Å². The first-order valence-corrected chi connectivity index (χ1v) is 7.04. The van der Waals surface area contributed by atoms with E-state index in [1.54, 1.807) is 24.1 Å². The van der Waals surface area contributed by atoms with Crippen LogP contribution in [-0.2, 0) is 0 Å². The second kappa shape index (κ2) is 6.61. The van der Waals surface area contributed by atoms with E-state index >= 15 is 0 Å². The van der Waals surface area contributed by atoms with E-state index in [0.717, 1.165) is 26.1 Å². The van der Waals surface area contributed by atoms with Crippen LogP contribution in [0.25, 0.3) is 0 Å². The predicted molar refractivity (Wildman–Crippen MR) is 77.3 cm³/mol. The highest BCUT2D eigenvalue weighted by molar-refractivity contribution is 5.97. The summed E-state index contributed by atoms with van der Waals surface area (Å²) in [4.78, 5) is 16.6. The first-order valence-electron chi connectivity index (χ1n) is 7.04. The number of phenols is 1. The molecule has 2 rings (SSSR count). The van der Waals surface area contributed by atoms with Crippen molar-refractivity contribution in [2.45, 2.75) is 13.3 Å². The van der Waals surface area contributed by atoms with Crippen LogP contribution in [0.3, 0.4) is 0 Å². The molecule has 0 aliphatic carbocycles. The number of benzene rings is 1. The molecular weight excluding hydrogens is 256 g/mol. The van der Waals surface area contributed by atoms with Crippen molar-refractivity contribution in [3.8, 4) is 11.5 Å². The maximum Gasteiger partial charge on any atom is 0.257 e. The summed E-state index contributed by atoms with van der Waals surface area (Å²) in [6, 6.07) is 4.74. The number of ether oxygens (including phenoxy) is 1. The van der Waals surface area contributed by atoms with Gasteiger partial charge in [0.25, 0.3) is 5.91 Å². The molecule has 5 nitrogen and oxygen atoms in total. The van der Waals surface area contributed by atoms with E-state index in [1.165, 1.54) is 6.07 Å². The highest BCUT2D eigenvalue weighted by Crippen LogP contribution is 2.24. The molecule has 1 saturated heterocycles. The number of piperazine rings is 1. The van der Waals surface area contributed by atoms with E-state index in [0.29, 0.717) is 24.4 Å². The molecule has 0 spiro atoms. The van der Waals surface area contributed by atoms with Crippen LogP contribution in [-0.4, -0.2) is 60.6 Å². The van der Waals surface area contributed by atoms with Crippen molar-refractivity contribution in [2.75, 3.05) is 39.8 Å². The number of phenolic OH excluding ortho intramolecular Hbond substituents is 1. The summed E-state index contributed by atoms with van der Waals surface area (Å²) in [6.45, 7) is 6.43. The van der Waals surface area contributed by atoms with Crippen molar-refractivity contribution in [2.24, 2.45) is 0 Å². The monoisotopic (exact) mass is 278 g/mol. The normalized spacial score (nSPS) is 16.2. The molecule has 1 aromatic carbocycles. The summed E-state index contributed by atoms with van der Waals surface area (Å²) in [5, 5.41) is 9.85. The Bertz CT molecular complexity index is 468. The second-order valence-corrected chi connectivity index (χ2v) is 5.02. The van der Waals surface area contributed by atoms with Gasteiger partial charge in [-0.25, -0.2) is 0 Å². The van der Waals surface area contributed by atoms with Crippen LogP contribution in [0.15, 0.2) is 18.2 Å². The topological polar surface area (TPSA) is 53.0 Å². The number of hydrogen-bond donors (Lipinski definition) is 1. The van der Waals surface area contributed by atoms with Crippen molar-refractivity contribution in [1.82, 2.24) is 9.80 Å². The molecule has 20 heavy (non-hydrogen) atoms. The van der Waals surface area contributed by atoms with Gasteiger partial charge in [-0.3, -0.25) is 9.69 Å². The third-order valence-electron chi connectivity index (χ3n) is 3.63. The van der Waals surface area contributed by atoms with Crippen LogP contribution in [0.2, 0.25) is 0 Å². The summed E-state index contributed by atoms with van der Waals surface area (Å²) in [7, 11) is 1.55. The van der Waals surface area contributed by atoms with Crippen LogP contribution < -0.4 is 4.74 Å². The van der Waals surface area contributed by atoms with Crippen LogP contribution >= 0.6 is 0 Å². The summed E-state index contributed by atoms with van der Waals surface area (Å²) < 4.78 is 5.11. The van der Waals surface area contributed by atoms with Gasteiger partial charge >= 0.3 is 0 Å². The lowest BCUT2D eigenvalue weighted by atomic mass is 10.1. The molecule has 0 saturated carbocycles. The minimum atomic E-state index is -0.127. The van der Waals surface area contributed by atoms with Gasteiger partial charge in [0.2, 0.25) is 0 Å². The minimum Gasteiger partial charge on any atom is -0.507 e. The fraction of sp³-hybridized carbons (Fsp3) is 0.533. The first-order chi connectivity index (χ1) is 9.65. The first kappa shape index (κ1) is 14.7. The van der Waals surface area contributed by atoms with Crippen LogP contribution in [0, 0.1) is 0 Å². The lowest BCUT2D eigenvalue weighted by molar-refractivity contribution is 0.0634. The van der Waals surface area contributed by atoms with Crippen molar-refractivity contribution >= 4 is 5.91 Å². The lowest BCUT2D eigenvalue weighted by Gasteiger charge is -2.34. The largest absolute Gasteiger partial charge is 0.507 e. The molecule has 0 atom stereocenters. The Morgan fingerprint density at radius 3 is 2.60 bits per heavy atom. The fourth-order valence-electron chi connectivity index (χ4n) is 2.47. The summed E-state index contributed by atoms with van der Waals surface area (Å²) >= 11 is 0. The highest BCUT2D eigenvalue weighted by Gasteiger charge is 2.23. The van der Waals surface area contributed by atoms with Crippen molar-refractivity contribution in [1.29, 1.82) is 0 Å². The van der Waals surface area contributed by atoms with E-state index in [2.05, 4.69) is 11.8 Å². The molecule has 0 unspecified atom stereocenters. The molecule has 1 N–H and O–H groups in total. The van der Waals surface area contributed by atoms with E-state index in [-0.39, 0.29) is 11.7 Å². The van der Waals surface area contributed by atoms with E-state index < -0.39 is 0 Å². The zero-order valence-electron chi connectivity index (χ0n) is 12.1. The van der Waals surface area contributed by atoms with Gasteiger partial charge in [0.15, 0.2) is 0 Å². The molecular formula is C15H22N2O3. The average Bonchev–Trinajstić information content (AvgIpc) is 2.48. The average molecular weight is 278 g/mol. The van der Waals surface area contributed by atoms with Gasteiger partial charge < -0.3 is 14.7 Å². The number of nitrogens with zero attached hydrogens (tertiary/aromatic N) is 2. The Hall–Kier alpha value is -1.75. The number of aromatic hydroxyl groups is 1. The summed E-state index contributed by atoms with van der Waals surface area (Å²) in [6.07, 6.45) is 1.13. The molecule has 110 valence electrons. The van der Waals surface area contributed by atoms with Gasteiger partial charge in [0, 0.05) is 26.2 Å². The third kappa shape index (κ3) is 3.22. The number of amides is 1. The fourth-order valence-corrected chi connectivity index (χ4v) is 2.47. The quantitative estimate of drug-likeness (QED) is 0.908. The molecule has 1 heterocycles. The highest BCUT2D eigenvalue weighted by atomic mass is 16.5. The number of rotatable bonds is 4. The Balaban J connectivity index is 2.05. The SMILES string of the molecule is CCCN1CCN(C(=O)c2cc(OC)ccc2O)CC1. The molecule has 1 fully saturated rings. The second-order valence-electron chi connectivity index (χ2n) is 5.02. The Morgan fingerprint density at radius 1 is 1.30 bits per heavy atom. The molecule has 0 radical (unpaired) electrons. The molecule has 1 aliphatic heterocycles. The Labute approximate surface area is 119 Å². The van der Waals surface area contributed by atoms with Crippen LogP contribution in [0.1, 0.15) is 23.7 Å². The Kier molecular flexibility index (Phi) is 4.84. The van der Waals surface area contributed by atoms with Gasteiger partial charge in [-0.05, 0) is 31.2 Å². The van der Waals surface area contributed by atoms with Gasteiger partial charge in [-0.2, -0.15) is 0 Å². The maximum absolute atomic E-state index is 12.4. The van der Waals surface area contributed by atoms with Gasteiger partial charge in [-0.15, -0.1) is 0 Å². The predicted octanol–water partition coefficient (Wildman–Crippen LogP) is 1.57. The minimum absolute atomic E-state index is 0.00628. The molecule has 1 aliphatic rings. The standard InChI is InChI=1S/C15H22N2O3/c1-3-6-16-7-9-17(10-8-16)15(19)13-11-12(20-2)4-5-14(13)18/h4-5,11,18H,3,6-10H2,1-2H3. The molecule has 0 aromatic heterocycles. The van der Waals surface area contributed by atoms with Gasteiger partial charge in [0.1, 0.15) is 11.5 Å². The molecule has 1 aromatic rings. The summed E-state index contributed by atoms with van der Waals surface area (Å²) in [5.41, 5.74) is 0.313.